The molecule has 1 amide bonds. The van der Waals surface area contributed by atoms with Gasteiger partial charge in [0.15, 0.2) is 0 Å². The summed E-state index contributed by atoms with van der Waals surface area (Å²) in [7, 11) is 0. The molecule has 0 bridgehead atoms. The van der Waals surface area contributed by atoms with Crippen molar-refractivity contribution in [2.75, 3.05) is 11.9 Å². The lowest BCUT2D eigenvalue weighted by Crippen LogP contribution is -2.34. The molecule has 0 aromatic heterocycles. The summed E-state index contributed by atoms with van der Waals surface area (Å²) in [5.41, 5.74) is 0.493. The van der Waals surface area contributed by atoms with Crippen molar-refractivity contribution in [1.82, 2.24) is 5.32 Å². The molecule has 0 radical (unpaired) electrons. The van der Waals surface area contributed by atoms with Gasteiger partial charge in [0.05, 0.1) is 5.02 Å². The van der Waals surface area contributed by atoms with Crippen LogP contribution < -0.4 is 5.32 Å². The van der Waals surface area contributed by atoms with Crippen molar-refractivity contribution in [3.05, 3.63) is 28.8 Å². The van der Waals surface area contributed by atoms with Crippen molar-refractivity contribution < 1.29 is 9.90 Å². The molecule has 0 aliphatic rings. The number of phenolic OH excluding ortho intramolecular Hbond substituents is 1. The van der Waals surface area contributed by atoms with E-state index in [-0.39, 0.29) is 22.1 Å². The van der Waals surface area contributed by atoms with Crippen LogP contribution in [0.3, 0.4) is 0 Å². The minimum Gasteiger partial charge on any atom is -0.506 e. The molecule has 0 atom stereocenters. The summed E-state index contributed by atoms with van der Waals surface area (Å²) in [6.45, 7) is 4.78. The van der Waals surface area contributed by atoms with Gasteiger partial charge in [0.1, 0.15) is 5.75 Å². The molecule has 1 rings (SSSR count). The smallest absolute Gasteiger partial charge is 0.251 e. The van der Waals surface area contributed by atoms with Crippen LogP contribution in [-0.4, -0.2) is 22.9 Å². The van der Waals surface area contributed by atoms with Crippen LogP contribution in [0.25, 0.3) is 0 Å². The SMILES string of the molecule is CC(C)(CCBr)CNC(=O)c1ccc(O)c(Cl)c1. The Balaban J connectivity index is 2.63. The van der Waals surface area contributed by atoms with Crippen molar-refractivity contribution in [3.63, 3.8) is 0 Å². The molecule has 18 heavy (non-hydrogen) atoms. The molecular weight excluding hydrogens is 318 g/mol. The largest absolute Gasteiger partial charge is 0.506 e. The van der Waals surface area contributed by atoms with Crippen molar-refractivity contribution in [1.29, 1.82) is 0 Å². The summed E-state index contributed by atoms with van der Waals surface area (Å²) in [6.07, 6.45) is 0.976. The summed E-state index contributed by atoms with van der Waals surface area (Å²) in [6, 6.07) is 4.43. The number of rotatable bonds is 5. The van der Waals surface area contributed by atoms with E-state index in [0.29, 0.717) is 12.1 Å². The number of nitrogens with one attached hydrogen (secondary N) is 1. The zero-order chi connectivity index (χ0) is 13.8. The van der Waals surface area contributed by atoms with Crippen LogP contribution in [0.5, 0.6) is 5.75 Å². The van der Waals surface area contributed by atoms with Crippen molar-refractivity contribution in [3.8, 4) is 5.75 Å². The number of amides is 1. The Hall–Kier alpha value is -0.740. The van der Waals surface area contributed by atoms with E-state index in [2.05, 4.69) is 35.1 Å². The first kappa shape index (κ1) is 15.3. The van der Waals surface area contributed by atoms with Crippen LogP contribution in [-0.2, 0) is 0 Å². The third kappa shape index (κ3) is 4.50. The highest BCUT2D eigenvalue weighted by molar-refractivity contribution is 9.09. The Bertz CT molecular complexity index is 435. The van der Waals surface area contributed by atoms with Crippen LogP contribution in [0.4, 0.5) is 0 Å². The number of hydrogen-bond donors (Lipinski definition) is 2. The molecule has 0 saturated carbocycles. The maximum Gasteiger partial charge on any atom is 0.251 e. The van der Waals surface area contributed by atoms with E-state index in [1.54, 1.807) is 6.07 Å². The van der Waals surface area contributed by atoms with Gasteiger partial charge in [-0.15, -0.1) is 0 Å². The zero-order valence-corrected chi connectivity index (χ0v) is 12.8. The molecule has 0 saturated heterocycles. The Kier molecular flexibility index (Phi) is 5.47. The Morgan fingerprint density at radius 2 is 2.17 bits per heavy atom. The lowest BCUT2D eigenvalue weighted by Gasteiger charge is -2.23. The standard InChI is InChI=1S/C13H17BrClNO2/c1-13(2,5-6-14)8-16-12(18)9-3-4-11(17)10(15)7-9/h3-4,7,17H,5-6,8H2,1-2H3,(H,16,18). The highest BCUT2D eigenvalue weighted by Gasteiger charge is 2.18. The summed E-state index contributed by atoms with van der Waals surface area (Å²) < 4.78 is 0. The topological polar surface area (TPSA) is 49.3 Å². The number of phenols is 1. The van der Waals surface area contributed by atoms with E-state index in [1.807, 2.05) is 0 Å². The maximum atomic E-state index is 11.9. The van der Waals surface area contributed by atoms with E-state index in [0.717, 1.165) is 11.8 Å². The average molecular weight is 335 g/mol. The van der Waals surface area contributed by atoms with Crippen molar-refractivity contribution in [2.45, 2.75) is 20.3 Å². The Labute approximate surface area is 121 Å². The maximum absolute atomic E-state index is 11.9. The van der Waals surface area contributed by atoms with Gasteiger partial charge in [-0.2, -0.15) is 0 Å². The van der Waals surface area contributed by atoms with Gasteiger partial charge in [0.2, 0.25) is 0 Å². The van der Waals surface area contributed by atoms with Gasteiger partial charge in [-0.25, -0.2) is 0 Å². The minimum atomic E-state index is -0.181. The molecule has 1 aromatic rings. The third-order valence-electron chi connectivity index (χ3n) is 2.71. The Morgan fingerprint density at radius 3 is 2.72 bits per heavy atom. The fourth-order valence-electron chi connectivity index (χ4n) is 1.41. The van der Waals surface area contributed by atoms with E-state index in [9.17, 15) is 9.90 Å². The number of benzene rings is 1. The minimum absolute atomic E-state index is 0.0205. The molecule has 0 fully saturated rings. The van der Waals surface area contributed by atoms with Crippen LogP contribution in [0.1, 0.15) is 30.6 Å². The van der Waals surface area contributed by atoms with Crippen LogP contribution in [0.2, 0.25) is 5.02 Å². The number of carbonyl (C=O) groups excluding carboxylic acids is 1. The highest BCUT2D eigenvalue weighted by Crippen LogP contribution is 2.24. The number of hydrogen-bond acceptors (Lipinski definition) is 2. The Morgan fingerprint density at radius 1 is 1.50 bits per heavy atom. The first-order valence-electron chi connectivity index (χ1n) is 5.68. The van der Waals surface area contributed by atoms with Gasteiger partial charge in [-0.1, -0.05) is 41.4 Å². The van der Waals surface area contributed by atoms with E-state index < -0.39 is 0 Å². The number of halogens is 2. The molecule has 1 aromatic carbocycles. The fraction of sp³-hybridized carbons (Fsp3) is 0.462. The second-order valence-electron chi connectivity index (χ2n) is 4.95. The molecule has 3 nitrogen and oxygen atoms in total. The summed E-state index contributed by atoms with van der Waals surface area (Å²) in [5.74, 6) is -0.201. The average Bonchev–Trinajstić information content (AvgIpc) is 2.30. The van der Waals surface area contributed by atoms with Crippen LogP contribution >= 0.6 is 27.5 Å². The molecule has 2 N–H and O–H groups in total. The van der Waals surface area contributed by atoms with Gasteiger partial charge in [-0.05, 0) is 30.0 Å². The molecule has 0 aliphatic heterocycles. The normalized spacial score (nSPS) is 11.3. The molecule has 0 unspecified atom stereocenters. The van der Waals surface area contributed by atoms with Crippen molar-refractivity contribution in [2.24, 2.45) is 5.41 Å². The lowest BCUT2D eigenvalue weighted by atomic mass is 9.90. The van der Waals surface area contributed by atoms with Crippen molar-refractivity contribution >= 4 is 33.4 Å². The monoisotopic (exact) mass is 333 g/mol. The van der Waals surface area contributed by atoms with Gasteiger partial charge in [0.25, 0.3) is 5.91 Å². The quantitative estimate of drug-likeness (QED) is 0.809. The summed E-state index contributed by atoms with van der Waals surface area (Å²) in [5, 5.41) is 13.2. The predicted octanol–water partition coefficient (Wildman–Crippen LogP) is 3.59. The van der Waals surface area contributed by atoms with E-state index in [4.69, 9.17) is 11.6 Å². The first-order chi connectivity index (χ1) is 8.35. The molecule has 0 aliphatic carbocycles. The second-order valence-corrected chi connectivity index (χ2v) is 6.15. The molecule has 100 valence electrons. The third-order valence-corrected chi connectivity index (χ3v) is 3.41. The zero-order valence-electron chi connectivity index (χ0n) is 10.5. The predicted molar refractivity (Wildman–Crippen MR) is 77.6 cm³/mol. The van der Waals surface area contributed by atoms with E-state index in [1.165, 1.54) is 12.1 Å². The summed E-state index contributed by atoms with van der Waals surface area (Å²) >= 11 is 9.16. The fourth-order valence-corrected chi connectivity index (χ4v) is 2.67. The number of carbonyl (C=O) groups is 1. The summed E-state index contributed by atoms with van der Waals surface area (Å²) in [4.78, 5) is 11.9. The molecule has 5 heteroatoms. The van der Waals surface area contributed by atoms with Gasteiger partial charge < -0.3 is 10.4 Å². The molecule has 0 spiro atoms. The second kappa shape index (κ2) is 6.43. The van der Waals surface area contributed by atoms with Gasteiger partial charge in [0, 0.05) is 17.4 Å². The van der Waals surface area contributed by atoms with E-state index >= 15 is 0 Å². The van der Waals surface area contributed by atoms with Crippen LogP contribution in [0.15, 0.2) is 18.2 Å². The lowest BCUT2D eigenvalue weighted by molar-refractivity contribution is 0.0936. The molecular formula is C13H17BrClNO2. The van der Waals surface area contributed by atoms with Gasteiger partial charge >= 0.3 is 0 Å². The number of aromatic hydroxyl groups is 1. The molecule has 0 heterocycles. The van der Waals surface area contributed by atoms with Crippen LogP contribution in [0, 0.1) is 5.41 Å². The van der Waals surface area contributed by atoms with Gasteiger partial charge in [-0.3, -0.25) is 4.79 Å². The number of alkyl halides is 1. The highest BCUT2D eigenvalue weighted by atomic mass is 79.9. The first-order valence-corrected chi connectivity index (χ1v) is 7.18.